The molecule has 1 spiro atoms. The fraction of sp³-hybridized carbons (Fsp3) is 0.846. The number of nitrogens with zero attached hydrogens (tertiary/aromatic N) is 1. The second kappa shape index (κ2) is 5.17. The van der Waals surface area contributed by atoms with Gasteiger partial charge in [-0.15, -0.1) is 0 Å². The molecule has 1 aliphatic heterocycles. The molecule has 4 nitrogen and oxygen atoms in total. The summed E-state index contributed by atoms with van der Waals surface area (Å²) in [6.07, 6.45) is 7.34. The van der Waals surface area contributed by atoms with Crippen LogP contribution in [0.1, 0.15) is 51.4 Å². The maximum Gasteiger partial charge on any atom is 0.229 e. The van der Waals surface area contributed by atoms with Crippen molar-refractivity contribution in [2.45, 2.75) is 51.4 Å². The zero-order valence-electron chi connectivity index (χ0n) is 10.4. The summed E-state index contributed by atoms with van der Waals surface area (Å²) in [7, 11) is 0. The first-order valence-corrected chi connectivity index (χ1v) is 6.70. The number of piperidine rings is 1. The summed E-state index contributed by atoms with van der Waals surface area (Å²) in [4.78, 5) is 25.5. The third-order valence-corrected chi connectivity index (χ3v) is 4.15. The second-order valence-corrected chi connectivity index (χ2v) is 5.50. The normalized spacial score (nSPS) is 23.7. The summed E-state index contributed by atoms with van der Waals surface area (Å²) >= 11 is 0. The lowest BCUT2D eigenvalue weighted by atomic mass is 9.76. The maximum atomic E-state index is 12.0. The van der Waals surface area contributed by atoms with Crippen LogP contribution in [0.15, 0.2) is 0 Å². The summed E-state index contributed by atoms with van der Waals surface area (Å²) in [6.45, 7) is 1.19. The molecule has 0 aromatic heterocycles. The molecule has 1 saturated carbocycles. The highest BCUT2D eigenvalue weighted by atomic mass is 16.2. The van der Waals surface area contributed by atoms with E-state index in [-0.39, 0.29) is 17.2 Å². The number of amides is 2. The molecule has 2 rings (SSSR count). The molecular formula is C13H22N2O2. The van der Waals surface area contributed by atoms with E-state index >= 15 is 0 Å². The molecule has 0 bridgehead atoms. The molecule has 2 amide bonds. The van der Waals surface area contributed by atoms with Crippen molar-refractivity contribution in [1.82, 2.24) is 4.90 Å². The first-order chi connectivity index (χ1) is 8.17. The fourth-order valence-electron chi connectivity index (χ4n) is 3.18. The molecule has 0 aromatic rings. The quantitative estimate of drug-likeness (QED) is 0.595. The zero-order chi connectivity index (χ0) is 12.3. The Bertz CT molecular complexity index is 289. The van der Waals surface area contributed by atoms with Gasteiger partial charge in [-0.25, -0.2) is 0 Å². The van der Waals surface area contributed by atoms with Crippen LogP contribution in [-0.4, -0.2) is 29.8 Å². The molecular weight excluding hydrogens is 216 g/mol. The van der Waals surface area contributed by atoms with E-state index in [1.807, 2.05) is 0 Å². The van der Waals surface area contributed by atoms with E-state index < -0.39 is 0 Å². The number of carbonyl (C=O) groups excluding carboxylic acids is 2. The van der Waals surface area contributed by atoms with Gasteiger partial charge in [-0.2, -0.15) is 0 Å². The zero-order valence-corrected chi connectivity index (χ0v) is 10.4. The summed E-state index contributed by atoms with van der Waals surface area (Å²) in [5.74, 6) is 0.0837. The van der Waals surface area contributed by atoms with Crippen molar-refractivity contribution in [3.63, 3.8) is 0 Å². The molecule has 0 radical (unpaired) electrons. The van der Waals surface area contributed by atoms with Gasteiger partial charge < -0.3 is 5.73 Å². The Labute approximate surface area is 103 Å². The van der Waals surface area contributed by atoms with Crippen LogP contribution in [0, 0.1) is 5.41 Å². The number of nitrogens with two attached hydrogens (primary N) is 1. The molecule has 4 heteroatoms. The third-order valence-electron chi connectivity index (χ3n) is 4.15. The number of imide groups is 1. The average molecular weight is 238 g/mol. The van der Waals surface area contributed by atoms with Gasteiger partial charge in [0, 0.05) is 19.4 Å². The highest BCUT2D eigenvalue weighted by molar-refractivity contribution is 5.98. The van der Waals surface area contributed by atoms with Crippen LogP contribution < -0.4 is 5.73 Å². The minimum Gasteiger partial charge on any atom is -0.330 e. The SMILES string of the molecule is NCCCCN1C(=O)CC2(CCCC2)CC1=O. The molecule has 2 fully saturated rings. The van der Waals surface area contributed by atoms with Crippen LogP contribution in [-0.2, 0) is 9.59 Å². The van der Waals surface area contributed by atoms with Crippen molar-refractivity contribution >= 4 is 11.8 Å². The monoisotopic (exact) mass is 238 g/mol. The lowest BCUT2D eigenvalue weighted by molar-refractivity contribution is -0.153. The second-order valence-electron chi connectivity index (χ2n) is 5.50. The predicted octanol–water partition coefficient (Wildman–Crippen LogP) is 1.43. The Morgan fingerprint density at radius 1 is 1.06 bits per heavy atom. The van der Waals surface area contributed by atoms with Crippen molar-refractivity contribution in [3.8, 4) is 0 Å². The fourth-order valence-corrected chi connectivity index (χ4v) is 3.18. The van der Waals surface area contributed by atoms with E-state index in [1.165, 1.54) is 17.7 Å². The van der Waals surface area contributed by atoms with Crippen LogP contribution in [0.25, 0.3) is 0 Å². The van der Waals surface area contributed by atoms with Crippen molar-refractivity contribution < 1.29 is 9.59 Å². The number of hydrogen-bond acceptors (Lipinski definition) is 3. The van der Waals surface area contributed by atoms with E-state index in [1.54, 1.807) is 0 Å². The highest BCUT2D eigenvalue weighted by Crippen LogP contribution is 2.46. The Kier molecular flexibility index (Phi) is 3.82. The van der Waals surface area contributed by atoms with Crippen molar-refractivity contribution in [1.29, 1.82) is 0 Å². The topological polar surface area (TPSA) is 63.4 Å². The van der Waals surface area contributed by atoms with Gasteiger partial charge in [-0.1, -0.05) is 12.8 Å². The minimum absolute atomic E-state index is 0.0263. The predicted molar refractivity (Wildman–Crippen MR) is 65.1 cm³/mol. The number of likely N-dealkylation sites (tertiary alicyclic amines) is 1. The maximum absolute atomic E-state index is 12.0. The van der Waals surface area contributed by atoms with Gasteiger partial charge in [-0.3, -0.25) is 14.5 Å². The number of carbonyl (C=O) groups is 2. The van der Waals surface area contributed by atoms with Crippen LogP contribution in [0.4, 0.5) is 0 Å². The lowest BCUT2D eigenvalue weighted by Gasteiger charge is -2.37. The lowest BCUT2D eigenvalue weighted by Crippen LogP contribution is -2.47. The Morgan fingerprint density at radius 2 is 1.65 bits per heavy atom. The van der Waals surface area contributed by atoms with Gasteiger partial charge in [0.05, 0.1) is 0 Å². The van der Waals surface area contributed by atoms with Gasteiger partial charge in [0.15, 0.2) is 0 Å². The standard InChI is InChI=1S/C13H22N2O2/c14-7-3-4-8-15-11(16)9-13(10-12(15)17)5-1-2-6-13/h1-10,14H2. The van der Waals surface area contributed by atoms with Gasteiger partial charge >= 0.3 is 0 Å². The van der Waals surface area contributed by atoms with Gasteiger partial charge in [-0.05, 0) is 37.6 Å². The first kappa shape index (κ1) is 12.6. The number of rotatable bonds is 4. The van der Waals surface area contributed by atoms with Crippen molar-refractivity contribution in [2.75, 3.05) is 13.1 Å². The van der Waals surface area contributed by atoms with Crippen molar-refractivity contribution in [3.05, 3.63) is 0 Å². The molecule has 0 atom stereocenters. The van der Waals surface area contributed by atoms with Crippen LogP contribution in [0.5, 0.6) is 0 Å². The Hall–Kier alpha value is -0.900. The summed E-state index contributed by atoms with van der Waals surface area (Å²) < 4.78 is 0. The number of unbranched alkanes of at least 4 members (excludes halogenated alkanes) is 1. The van der Waals surface area contributed by atoms with E-state index in [9.17, 15) is 9.59 Å². The third kappa shape index (κ3) is 2.68. The van der Waals surface area contributed by atoms with Crippen LogP contribution in [0.2, 0.25) is 0 Å². The molecule has 2 N–H and O–H groups in total. The molecule has 17 heavy (non-hydrogen) atoms. The molecule has 2 aliphatic rings. The molecule has 0 aromatic carbocycles. The average Bonchev–Trinajstić information content (AvgIpc) is 2.70. The van der Waals surface area contributed by atoms with E-state index in [2.05, 4.69) is 0 Å². The van der Waals surface area contributed by atoms with Crippen LogP contribution >= 0.6 is 0 Å². The summed E-state index contributed by atoms with van der Waals surface area (Å²) in [5.41, 5.74) is 5.45. The molecule has 96 valence electrons. The van der Waals surface area contributed by atoms with E-state index in [4.69, 9.17) is 5.73 Å². The summed E-state index contributed by atoms with van der Waals surface area (Å²) in [5, 5.41) is 0. The Balaban J connectivity index is 1.94. The van der Waals surface area contributed by atoms with E-state index in [0.717, 1.165) is 25.7 Å². The van der Waals surface area contributed by atoms with Gasteiger partial charge in [0.25, 0.3) is 0 Å². The Morgan fingerprint density at radius 3 is 2.18 bits per heavy atom. The number of hydrogen-bond donors (Lipinski definition) is 1. The van der Waals surface area contributed by atoms with Gasteiger partial charge in [0.2, 0.25) is 11.8 Å². The highest BCUT2D eigenvalue weighted by Gasteiger charge is 2.44. The molecule has 1 saturated heterocycles. The van der Waals surface area contributed by atoms with E-state index in [0.29, 0.717) is 25.9 Å². The van der Waals surface area contributed by atoms with Gasteiger partial charge in [0.1, 0.15) is 0 Å². The first-order valence-electron chi connectivity index (χ1n) is 6.70. The van der Waals surface area contributed by atoms with Crippen LogP contribution in [0.3, 0.4) is 0 Å². The largest absolute Gasteiger partial charge is 0.330 e. The molecule has 0 unspecified atom stereocenters. The minimum atomic E-state index is 0.0263. The smallest absolute Gasteiger partial charge is 0.229 e. The molecule has 1 heterocycles. The van der Waals surface area contributed by atoms with Crippen molar-refractivity contribution in [2.24, 2.45) is 11.1 Å². The molecule has 1 aliphatic carbocycles. The summed E-state index contributed by atoms with van der Waals surface area (Å²) in [6, 6.07) is 0.